The van der Waals surface area contributed by atoms with Crippen LogP contribution in [-0.4, -0.2) is 42.3 Å². The lowest BCUT2D eigenvalue weighted by Gasteiger charge is -2.27. The zero-order valence-electron chi connectivity index (χ0n) is 19.0. The molecule has 33 heavy (non-hydrogen) atoms. The largest absolute Gasteiger partial charge is 0.457 e. The van der Waals surface area contributed by atoms with Crippen LogP contribution in [0.2, 0.25) is 5.02 Å². The Morgan fingerprint density at radius 2 is 1.82 bits per heavy atom. The maximum absolute atomic E-state index is 13.3. The molecule has 3 aromatic rings. The Kier molecular flexibility index (Phi) is 6.53. The van der Waals surface area contributed by atoms with Gasteiger partial charge in [-0.1, -0.05) is 36.6 Å². The van der Waals surface area contributed by atoms with Gasteiger partial charge >= 0.3 is 5.97 Å². The van der Waals surface area contributed by atoms with Crippen molar-refractivity contribution >= 4 is 38.6 Å². The molecule has 1 saturated carbocycles. The van der Waals surface area contributed by atoms with Gasteiger partial charge in [-0.05, 0) is 55.7 Å². The number of ether oxygens (including phenoxy) is 1. The molecule has 0 atom stereocenters. The number of rotatable bonds is 7. The van der Waals surface area contributed by atoms with Crippen molar-refractivity contribution < 1.29 is 17.9 Å². The summed E-state index contributed by atoms with van der Waals surface area (Å²) < 4.78 is 33.9. The number of aryl methyl sites for hydroxylation is 1. The van der Waals surface area contributed by atoms with Crippen molar-refractivity contribution in [2.24, 2.45) is 0 Å². The van der Waals surface area contributed by atoms with E-state index >= 15 is 0 Å². The molecule has 0 radical (unpaired) electrons. The maximum Gasteiger partial charge on any atom is 0.317 e. The van der Waals surface area contributed by atoms with Crippen molar-refractivity contribution in [3.05, 3.63) is 58.9 Å². The summed E-state index contributed by atoms with van der Waals surface area (Å²) in [6.45, 7) is 2.61. The van der Waals surface area contributed by atoms with E-state index < -0.39 is 15.4 Å². The van der Waals surface area contributed by atoms with Gasteiger partial charge in [0.05, 0.1) is 21.3 Å². The minimum atomic E-state index is -3.57. The van der Waals surface area contributed by atoms with Crippen molar-refractivity contribution in [3.63, 3.8) is 0 Å². The zero-order valence-corrected chi connectivity index (χ0v) is 20.6. The van der Waals surface area contributed by atoms with Crippen molar-refractivity contribution in [3.8, 4) is 0 Å². The monoisotopic (exact) mass is 489 g/mol. The molecular formula is C24H28ClN3O4S. The smallest absolute Gasteiger partial charge is 0.317 e. The van der Waals surface area contributed by atoms with Crippen LogP contribution in [0.3, 0.4) is 0 Å². The van der Waals surface area contributed by atoms with Crippen LogP contribution in [0.4, 0.5) is 0 Å². The van der Waals surface area contributed by atoms with Crippen LogP contribution < -0.4 is 0 Å². The standard InChI is InChI=1S/C24H28ClN3O4S/c1-4-28-21-12-11-19(33(30,31)27(2)3)15-20(21)26-22(28)16-32-23(29)24(13-5-6-14-24)17-7-9-18(25)10-8-17/h7-12,15H,4-6,13-14,16H2,1-3H3. The Hall–Kier alpha value is -2.42. The third-order valence-corrected chi connectivity index (χ3v) is 8.53. The summed E-state index contributed by atoms with van der Waals surface area (Å²) in [6.07, 6.45) is 3.41. The minimum Gasteiger partial charge on any atom is -0.457 e. The van der Waals surface area contributed by atoms with E-state index in [9.17, 15) is 13.2 Å². The highest BCUT2D eigenvalue weighted by atomic mass is 35.5. The lowest BCUT2D eigenvalue weighted by atomic mass is 9.79. The Bertz CT molecular complexity index is 1280. The van der Waals surface area contributed by atoms with E-state index in [1.165, 1.54) is 18.4 Å². The van der Waals surface area contributed by atoms with Crippen LogP contribution in [0, 0.1) is 0 Å². The Balaban J connectivity index is 1.62. The Labute approximate surface area is 199 Å². The van der Waals surface area contributed by atoms with Gasteiger partial charge in [-0.25, -0.2) is 17.7 Å². The number of aromatic nitrogens is 2. The van der Waals surface area contributed by atoms with Gasteiger partial charge in [0.1, 0.15) is 12.4 Å². The van der Waals surface area contributed by atoms with Crippen LogP contribution >= 0.6 is 11.6 Å². The number of hydrogen-bond acceptors (Lipinski definition) is 5. The predicted octanol–water partition coefficient (Wildman–Crippen LogP) is 4.52. The maximum atomic E-state index is 13.3. The van der Waals surface area contributed by atoms with E-state index in [4.69, 9.17) is 16.3 Å². The van der Waals surface area contributed by atoms with Gasteiger partial charge < -0.3 is 9.30 Å². The van der Waals surface area contributed by atoms with Crippen LogP contribution in [0.25, 0.3) is 11.0 Å². The number of fused-ring (bicyclic) bond motifs is 1. The second-order valence-corrected chi connectivity index (χ2v) is 11.2. The molecule has 4 rings (SSSR count). The molecule has 9 heteroatoms. The summed E-state index contributed by atoms with van der Waals surface area (Å²) in [6, 6.07) is 12.3. The molecule has 0 aliphatic heterocycles. The second-order valence-electron chi connectivity index (χ2n) is 8.58. The van der Waals surface area contributed by atoms with Gasteiger partial charge in [-0.3, -0.25) is 4.79 Å². The summed E-state index contributed by atoms with van der Waals surface area (Å²) in [4.78, 5) is 18.1. The summed E-state index contributed by atoms with van der Waals surface area (Å²) in [5, 5.41) is 0.632. The molecule has 0 unspecified atom stereocenters. The highest BCUT2D eigenvalue weighted by Crippen LogP contribution is 2.42. The Morgan fingerprint density at radius 1 is 1.15 bits per heavy atom. The molecule has 1 aliphatic carbocycles. The number of sulfonamides is 1. The molecule has 1 aromatic heterocycles. The fraction of sp³-hybridized carbons (Fsp3) is 0.417. The van der Waals surface area contributed by atoms with Crippen LogP contribution in [0.15, 0.2) is 47.4 Å². The first-order chi connectivity index (χ1) is 15.7. The fourth-order valence-electron chi connectivity index (χ4n) is 4.62. The zero-order chi connectivity index (χ0) is 23.8. The van der Waals surface area contributed by atoms with Crippen molar-refractivity contribution in [2.75, 3.05) is 14.1 Å². The minimum absolute atomic E-state index is 0.0203. The van der Waals surface area contributed by atoms with Crippen molar-refractivity contribution in [1.29, 1.82) is 0 Å². The second kappa shape index (κ2) is 9.08. The van der Waals surface area contributed by atoms with E-state index in [-0.39, 0.29) is 17.5 Å². The quantitative estimate of drug-likeness (QED) is 0.456. The fourth-order valence-corrected chi connectivity index (χ4v) is 5.67. The van der Waals surface area contributed by atoms with Crippen LogP contribution in [0.1, 0.15) is 44.0 Å². The molecule has 176 valence electrons. The van der Waals surface area contributed by atoms with Gasteiger partial charge in [0.15, 0.2) is 0 Å². The van der Waals surface area contributed by atoms with Crippen molar-refractivity contribution in [2.45, 2.75) is 56.1 Å². The van der Waals surface area contributed by atoms with Gasteiger partial charge in [0.25, 0.3) is 0 Å². The Morgan fingerprint density at radius 3 is 2.42 bits per heavy atom. The summed E-state index contributed by atoms with van der Waals surface area (Å²) in [7, 11) is -0.579. The third-order valence-electron chi connectivity index (χ3n) is 6.47. The van der Waals surface area contributed by atoms with E-state index in [1.54, 1.807) is 30.3 Å². The highest BCUT2D eigenvalue weighted by Gasteiger charge is 2.44. The number of benzene rings is 2. The van der Waals surface area contributed by atoms with Gasteiger partial charge in [-0.15, -0.1) is 0 Å². The summed E-state index contributed by atoms with van der Waals surface area (Å²) in [5.74, 6) is 0.331. The number of esters is 1. The third kappa shape index (κ3) is 4.27. The first-order valence-electron chi connectivity index (χ1n) is 11.0. The summed E-state index contributed by atoms with van der Waals surface area (Å²) in [5.41, 5.74) is 1.62. The number of hydrogen-bond donors (Lipinski definition) is 0. The lowest BCUT2D eigenvalue weighted by Crippen LogP contribution is -2.34. The number of nitrogens with zero attached hydrogens (tertiary/aromatic N) is 3. The first kappa shape index (κ1) is 23.7. The first-order valence-corrected chi connectivity index (χ1v) is 12.9. The molecule has 1 fully saturated rings. The summed E-state index contributed by atoms with van der Waals surface area (Å²) >= 11 is 6.05. The normalized spacial score (nSPS) is 15.9. The molecular weight excluding hydrogens is 462 g/mol. The number of imidazole rings is 1. The molecule has 0 saturated heterocycles. The van der Waals surface area contributed by atoms with E-state index in [0.29, 0.717) is 22.9 Å². The van der Waals surface area contributed by atoms with Crippen molar-refractivity contribution in [1.82, 2.24) is 13.9 Å². The van der Waals surface area contributed by atoms with Gasteiger partial charge in [0, 0.05) is 25.7 Å². The van der Waals surface area contributed by atoms with Crippen LogP contribution in [0.5, 0.6) is 0 Å². The average molecular weight is 490 g/mol. The van der Waals surface area contributed by atoms with Gasteiger partial charge in [-0.2, -0.15) is 0 Å². The van der Waals surface area contributed by atoms with E-state index in [0.717, 1.165) is 36.8 Å². The van der Waals surface area contributed by atoms with E-state index in [2.05, 4.69) is 4.98 Å². The molecule has 0 spiro atoms. The average Bonchev–Trinajstić information content (AvgIpc) is 3.42. The molecule has 1 aliphatic rings. The lowest BCUT2D eigenvalue weighted by molar-refractivity contribution is -0.152. The molecule has 0 bridgehead atoms. The topological polar surface area (TPSA) is 81.5 Å². The number of carbonyl (C=O) groups excluding carboxylic acids is 1. The highest BCUT2D eigenvalue weighted by molar-refractivity contribution is 7.89. The van der Waals surface area contributed by atoms with Gasteiger partial charge in [0.2, 0.25) is 10.0 Å². The number of halogens is 1. The predicted molar refractivity (Wildman–Crippen MR) is 128 cm³/mol. The molecule has 2 aromatic carbocycles. The molecule has 1 heterocycles. The number of carbonyl (C=O) groups is 1. The molecule has 0 N–H and O–H groups in total. The molecule has 7 nitrogen and oxygen atoms in total. The van der Waals surface area contributed by atoms with E-state index in [1.807, 2.05) is 23.6 Å². The molecule has 0 amide bonds. The van der Waals surface area contributed by atoms with Crippen LogP contribution in [-0.2, 0) is 38.1 Å². The SMILES string of the molecule is CCn1c(COC(=O)C2(c3ccc(Cl)cc3)CCCC2)nc2cc(S(=O)(=O)N(C)C)ccc21.